The van der Waals surface area contributed by atoms with Gasteiger partial charge in [-0.15, -0.1) is 0 Å². The third kappa shape index (κ3) is 3.71. The highest BCUT2D eigenvalue weighted by atomic mass is 16.4. The number of hydrogen-bond donors (Lipinski definition) is 2. The van der Waals surface area contributed by atoms with Crippen LogP contribution in [0.15, 0.2) is 35.9 Å². The van der Waals surface area contributed by atoms with E-state index in [1.165, 1.54) is 0 Å². The van der Waals surface area contributed by atoms with E-state index in [1.54, 1.807) is 6.08 Å². The summed E-state index contributed by atoms with van der Waals surface area (Å²) in [5.41, 5.74) is 7.11. The van der Waals surface area contributed by atoms with E-state index in [2.05, 4.69) is 0 Å². The maximum atomic E-state index is 11.2. The van der Waals surface area contributed by atoms with Gasteiger partial charge in [0, 0.05) is 6.04 Å². The van der Waals surface area contributed by atoms with E-state index in [0.29, 0.717) is 0 Å². The highest BCUT2D eigenvalue weighted by molar-refractivity contribution is 5.93. The summed E-state index contributed by atoms with van der Waals surface area (Å²) >= 11 is 0. The molecule has 3 heteroatoms. The first-order valence-electron chi connectivity index (χ1n) is 5.81. The SMILES string of the molecule is CCC(C)C(N)C(=Cc1ccccc1)C(=O)O. The summed E-state index contributed by atoms with van der Waals surface area (Å²) in [6.45, 7) is 3.97. The molecule has 0 fully saturated rings. The monoisotopic (exact) mass is 233 g/mol. The molecule has 0 saturated heterocycles. The number of carboxylic acids is 1. The lowest BCUT2D eigenvalue weighted by atomic mass is 9.92. The van der Waals surface area contributed by atoms with Crippen molar-refractivity contribution >= 4 is 12.0 Å². The molecule has 3 N–H and O–H groups in total. The Kier molecular flexibility index (Phi) is 4.91. The number of carbonyl (C=O) groups is 1. The Morgan fingerprint density at radius 2 is 2.00 bits per heavy atom. The first kappa shape index (κ1) is 13.5. The topological polar surface area (TPSA) is 63.3 Å². The van der Waals surface area contributed by atoms with Crippen LogP contribution in [-0.2, 0) is 4.79 Å². The summed E-state index contributed by atoms with van der Waals surface area (Å²) in [6, 6.07) is 8.95. The fraction of sp³-hybridized carbons (Fsp3) is 0.357. The highest BCUT2D eigenvalue weighted by Crippen LogP contribution is 2.17. The Morgan fingerprint density at radius 1 is 1.41 bits per heavy atom. The van der Waals surface area contributed by atoms with Crippen molar-refractivity contribution in [2.45, 2.75) is 26.3 Å². The van der Waals surface area contributed by atoms with Gasteiger partial charge in [-0.3, -0.25) is 0 Å². The van der Waals surface area contributed by atoms with Crippen LogP contribution in [0.1, 0.15) is 25.8 Å². The van der Waals surface area contributed by atoms with Gasteiger partial charge in [0.15, 0.2) is 0 Å². The number of nitrogens with two attached hydrogens (primary N) is 1. The first-order valence-corrected chi connectivity index (χ1v) is 5.81. The van der Waals surface area contributed by atoms with Gasteiger partial charge in [0.25, 0.3) is 0 Å². The molecule has 17 heavy (non-hydrogen) atoms. The van der Waals surface area contributed by atoms with Crippen molar-refractivity contribution in [3.05, 3.63) is 41.5 Å². The molecule has 92 valence electrons. The average Bonchev–Trinajstić information content (AvgIpc) is 2.35. The molecule has 0 spiro atoms. The van der Waals surface area contributed by atoms with Crippen molar-refractivity contribution in [3.8, 4) is 0 Å². The quantitative estimate of drug-likeness (QED) is 0.768. The molecule has 0 aliphatic rings. The van der Waals surface area contributed by atoms with Crippen molar-refractivity contribution < 1.29 is 9.90 Å². The van der Waals surface area contributed by atoms with Crippen LogP contribution in [0.3, 0.4) is 0 Å². The molecular formula is C14H19NO2. The predicted molar refractivity (Wildman–Crippen MR) is 69.5 cm³/mol. The summed E-state index contributed by atoms with van der Waals surface area (Å²) in [5.74, 6) is -0.789. The fourth-order valence-corrected chi connectivity index (χ4v) is 1.59. The minimum Gasteiger partial charge on any atom is -0.478 e. The predicted octanol–water partition coefficient (Wildman–Crippen LogP) is 2.53. The minimum absolute atomic E-state index is 0.154. The third-order valence-electron chi connectivity index (χ3n) is 2.98. The summed E-state index contributed by atoms with van der Waals surface area (Å²) in [4.78, 5) is 11.2. The van der Waals surface area contributed by atoms with E-state index in [0.717, 1.165) is 12.0 Å². The third-order valence-corrected chi connectivity index (χ3v) is 2.98. The van der Waals surface area contributed by atoms with Gasteiger partial charge in [0.2, 0.25) is 0 Å². The van der Waals surface area contributed by atoms with Crippen molar-refractivity contribution in [1.82, 2.24) is 0 Å². The molecule has 0 aromatic heterocycles. The largest absolute Gasteiger partial charge is 0.478 e. The molecule has 0 amide bonds. The van der Waals surface area contributed by atoms with Crippen LogP contribution in [-0.4, -0.2) is 17.1 Å². The molecule has 0 bridgehead atoms. The van der Waals surface area contributed by atoms with Gasteiger partial charge in [0.1, 0.15) is 0 Å². The zero-order valence-electron chi connectivity index (χ0n) is 10.3. The Balaban J connectivity index is 3.02. The van der Waals surface area contributed by atoms with Crippen LogP contribution in [0, 0.1) is 5.92 Å². The van der Waals surface area contributed by atoms with Gasteiger partial charge in [-0.1, -0.05) is 50.6 Å². The van der Waals surface area contributed by atoms with Crippen LogP contribution in [0.25, 0.3) is 6.08 Å². The number of benzene rings is 1. The van der Waals surface area contributed by atoms with Crippen molar-refractivity contribution in [2.75, 3.05) is 0 Å². The van der Waals surface area contributed by atoms with Crippen LogP contribution in [0.4, 0.5) is 0 Å². The van der Waals surface area contributed by atoms with Gasteiger partial charge in [-0.25, -0.2) is 4.79 Å². The smallest absolute Gasteiger partial charge is 0.333 e. The average molecular weight is 233 g/mol. The Labute approximate surface area is 102 Å². The van der Waals surface area contributed by atoms with Gasteiger partial charge >= 0.3 is 5.97 Å². The molecule has 1 aromatic rings. The lowest BCUT2D eigenvalue weighted by Gasteiger charge is -2.19. The number of carboxylic acid groups (broad SMARTS) is 1. The van der Waals surface area contributed by atoms with E-state index in [4.69, 9.17) is 5.73 Å². The second-order valence-corrected chi connectivity index (χ2v) is 4.23. The van der Waals surface area contributed by atoms with Gasteiger partial charge < -0.3 is 10.8 Å². The molecule has 0 heterocycles. The summed E-state index contributed by atoms with van der Waals surface area (Å²) in [6.07, 6.45) is 2.51. The van der Waals surface area contributed by atoms with E-state index in [9.17, 15) is 9.90 Å². The molecule has 0 radical (unpaired) electrons. The highest BCUT2D eigenvalue weighted by Gasteiger charge is 2.21. The molecular weight excluding hydrogens is 214 g/mol. The van der Waals surface area contributed by atoms with Crippen molar-refractivity contribution in [1.29, 1.82) is 0 Å². The van der Waals surface area contributed by atoms with Crippen LogP contribution in [0.2, 0.25) is 0 Å². The molecule has 2 unspecified atom stereocenters. The van der Waals surface area contributed by atoms with E-state index < -0.39 is 12.0 Å². The normalized spacial score (nSPS) is 15.4. The number of rotatable bonds is 5. The zero-order valence-corrected chi connectivity index (χ0v) is 10.3. The molecule has 1 rings (SSSR count). The van der Waals surface area contributed by atoms with Crippen LogP contribution in [0.5, 0.6) is 0 Å². The van der Waals surface area contributed by atoms with Crippen LogP contribution < -0.4 is 5.73 Å². The molecule has 0 aliphatic carbocycles. The van der Waals surface area contributed by atoms with Gasteiger partial charge in [-0.2, -0.15) is 0 Å². The van der Waals surface area contributed by atoms with E-state index >= 15 is 0 Å². The van der Waals surface area contributed by atoms with E-state index in [1.807, 2.05) is 44.2 Å². The maximum absolute atomic E-state index is 11.2. The maximum Gasteiger partial charge on any atom is 0.333 e. The van der Waals surface area contributed by atoms with E-state index in [-0.39, 0.29) is 11.5 Å². The minimum atomic E-state index is -0.943. The molecule has 0 aliphatic heterocycles. The number of hydrogen-bond acceptors (Lipinski definition) is 2. The Bertz CT molecular complexity index is 398. The first-order chi connectivity index (χ1) is 8.06. The van der Waals surface area contributed by atoms with Crippen molar-refractivity contribution in [3.63, 3.8) is 0 Å². The molecule has 0 saturated carbocycles. The second kappa shape index (κ2) is 6.21. The lowest BCUT2D eigenvalue weighted by Crippen LogP contribution is -2.33. The molecule has 1 aromatic carbocycles. The molecule has 3 nitrogen and oxygen atoms in total. The summed E-state index contributed by atoms with van der Waals surface area (Å²) in [5, 5.41) is 9.20. The number of aliphatic carboxylic acids is 1. The Morgan fingerprint density at radius 3 is 2.47 bits per heavy atom. The standard InChI is InChI=1S/C14H19NO2/c1-3-10(2)13(15)12(14(16)17)9-11-7-5-4-6-8-11/h4-10,13H,3,15H2,1-2H3,(H,16,17). The van der Waals surface area contributed by atoms with Crippen molar-refractivity contribution in [2.24, 2.45) is 11.7 Å². The summed E-state index contributed by atoms with van der Waals surface area (Å²) < 4.78 is 0. The summed E-state index contributed by atoms with van der Waals surface area (Å²) in [7, 11) is 0. The molecule has 2 atom stereocenters. The Hall–Kier alpha value is -1.61. The zero-order chi connectivity index (χ0) is 12.8. The van der Waals surface area contributed by atoms with Gasteiger partial charge in [-0.05, 0) is 17.6 Å². The second-order valence-electron chi connectivity index (χ2n) is 4.23. The fourth-order valence-electron chi connectivity index (χ4n) is 1.59. The van der Waals surface area contributed by atoms with Gasteiger partial charge in [0.05, 0.1) is 5.57 Å². The lowest BCUT2D eigenvalue weighted by molar-refractivity contribution is -0.133. The van der Waals surface area contributed by atoms with Crippen LogP contribution >= 0.6 is 0 Å².